The van der Waals surface area contributed by atoms with E-state index in [0.717, 1.165) is 27.8 Å². The molecular weight excluding hydrogens is 626 g/mol. The zero-order valence-corrected chi connectivity index (χ0v) is 27.8. The molecule has 1 aliphatic heterocycles. The molecule has 5 aromatic carbocycles. The van der Waals surface area contributed by atoms with Crippen LogP contribution in [0.2, 0.25) is 0 Å². The number of ether oxygens (including phenoxy) is 5. The second-order valence-corrected chi connectivity index (χ2v) is 12.0. The lowest BCUT2D eigenvalue weighted by atomic mass is 9.80. The maximum absolute atomic E-state index is 9.72. The fourth-order valence-corrected chi connectivity index (χ4v) is 6.41. The average molecular weight is 668 g/mol. The molecule has 1 aliphatic rings. The maximum atomic E-state index is 9.72. The minimum Gasteiger partial charge on any atom is -0.370 e. The van der Waals surface area contributed by atoms with E-state index in [9.17, 15) is 5.53 Å². The summed E-state index contributed by atoms with van der Waals surface area (Å²) < 4.78 is 33.4. The number of benzene rings is 5. The van der Waals surface area contributed by atoms with Crippen molar-refractivity contribution in [3.63, 3.8) is 0 Å². The van der Waals surface area contributed by atoms with Crippen LogP contribution in [0.4, 0.5) is 0 Å². The van der Waals surface area contributed by atoms with Gasteiger partial charge in [0.05, 0.1) is 26.4 Å². The summed E-state index contributed by atoms with van der Waals surface area (Å²) in [5.74, 6) is 0. The van der Waals surface area contributed by atoms with Crippen molar-refractivity contribution in [1.82, 2.24) is 0 Å². The van der Waals surface area contributed by atoms with Gasteiger partial charge < -0.3 is 23.7 Å². The summed E-state index contributed by atoms with van der Waals surface area (Å²) in [5, 5.41) is 4.15. The molecule has 6 rings (SSSR count). The third-order valence-corrected chi connectivity index (χ3v) is 8.75. The lowest BCUT2D eigenvalue weighted by Gasteiger charge is -2.46. The van der Waals surface area contributed by atoms with Gasteiger partial charge in [0, 0.05) is 4.91 Å². The van der Waals surface area contributed by atoms with Gasteiger partial charge >= 0.3 is 0 Å². The highest BCUT2D eigenvalue weighted by Crippen LogP contribution is 2.41. The number of nitrogens with zero attached hydrogens (tertiary/aromatic N) is 3. The molecule has 50 heavy (non-hydrogen) atoms. The maximum Gasteiger partial charge on any atom is 0.169 e. The normalized spacial score (nSPS) is 20.4. The molecule has 254 valence electrons. The van der Waals surface area contributed by atoms with Crippen LogP contribution in [0.5, 0.6) is 0 Å². The van der Waals surface area contributed by atoms with Crippen LogP contribution in [0.1, 0.15) is 27.8 Å². The molecule has 0 aliphatic carbocycles. The second kappa shape index (κ2) is 17.6. The smallest absolute Gasteiger partial charge is 0.169 e. The van der Waals surface area contributed by atoms with Crippen molar-refractivity contribution in [2.75, 3.05) is 13.2 Å². The zero-order chi connectivity index (χ0) is 34.4. The fraction of sp³-hybridized carbons (Fsp3) is 0.238. The van der Waals surface area contributed by atoms with Crippen molar-refractivity contribution in [2.24, 2.45) is 5.11 Å². The summed E-state index contributed by atoms with van der Waals surface area (Å²) in [6.07, 6.45) is -1.47. The van der Waals surface area contributed by atoms with Gasteiger partial charge in [-0.15, -0.1) is 6.58 Å². The number of hydrogen-bond acceptors (Lipinski definition) is 6. The highest BCUT2D eigenvalue weighted by Gasteiger charge is 2.49. The van der Waals surface area contributed by atoms with E-state index in [2.05, 4.69) is 53.0 Å². The number of hydrogen-bond donors (Lipinski definition) is 0. The molecule has 8 heteroatoms. The third-order valence-electron chi connectivity index (χ3n) is 8.75. The highest BCUT2D eigenvalue weighted by molar-refractivity contribution is 5.47. The SMILES string of the molecule is C=CCO[C@@H]1O[C@H](COC(c2ccccc2)(c2ccccc2)c2ccccc2)[C@H](OCc2ccccc2)[C@H](OCc2ccccc2)[C@H]1N=[N+]=[N-]. The molecule has 0 spiro atoms. The first-order valence-corrected chi connectivity index (χ1v) is 16.8. The Morgan fingerprint density at radius 1 is 0.640 bits per heavy atom. The number of rotatable bonds is 16. The Hall–Kier alpha value is -5.05. The van der Waals surface area contributed by atoms with Gasteiger partial charge in [0.25, 0.3) is 0 Å². The van der Waals surface area contributed by atoms with Crippen LogP contribution < -0.4 is 0 Å². The van der Waals surface area contributed by atoms with E-state index in [0.29, 0.717) is 0 Å². The van der Waals surface area contributed by atoms with Gasteiger partial charge in [-0.1, -0.05) is 163 Å². The Morgan fingerprint density at radius 2 is 1.08 bits per heavy atom. The molecule has 5 aromatic rings. The van der Waals surface area contributed by atoms with E-state index < -0.39 is 36.2 Å². The summed E-state index contributed by atoms with van der Waals surface area (Å²) in [6, 6.07) is 49.4. The summed E-state index contributed by atoms with van der Waals surface area (Å²) in [7, 11) is 0. The van der Waals surface area contributed by atoms with Crippen LogP contribution >= 0.6 is 0 Å². The molecule has 0 saturated carbocycles. The van der Waals surface area contributed by atoms with Crippen LogP contribution in [0.25, 0.3) is 10.4 Å². The van der Waals surface area contributed by atoms with Crippen LogP contribution in [-0.2, 0) is 42.5 Å². The minimum absolute atomic E-state index is 0.0836. The monoisotopic (exact) mass is 667 g/mol. The Labute approximate surface area is 293 Å². The predicted molar refractivity (Wildman–Crippen MR) is 193 cm³/mol. The van der Waals surface area contributed by atoms with Gasteiger partial charge in [0.1, 0.15) is 30.0 Å². The molecule has 5 atom stereocenters. The van der Waals surface area contributed by atoms with Crippen molar-refractivity contribution in [2.45, 2.75) is 49.5 Å². The fourth-order valence-electron chi connectivity index (χ4n) is 6.41. The molecule has 0 unspecified atom stereocenters. The van der Waals surface area contributed by atoms with Gasteiger partial charge in [-0.05, 0) is 33.3 Å². The second-order valence-electron chi connectivity index (χ2n) is 12.0. The average Bonchev–Trinajstić information content (AvgIpc) is 3.19. The predicted octanol–water partition coefficient (Wildman–Crippen LogP) is 8.77. The van der Waals surface area contributed by atoms with Crippen LogP contribution in [0.3, 0.4) is 0 Å². The minimum atomic E-state index is -1.00. The first-order chi connectivity index (χ1) is 24.7. The van der Waals surface area contributed by atoms with E-state index >= 15 is 0 Å². The first kappa shape index (κ1) is 34.8. The van der Waals surface area contributed by atoms with E-state index in [1.54, 1.807) is 6.08 Å². The Balaban J connectivity index is 1.42. The van der Waals surface area contributed by atoms with E-state index in [1.165, 1.54) is 0 Å². The van der Waals surface area contributed by atoms with Crippen LogP contribution in [-0.4, -0.2) is 43.9 Å². The van der Waals surface area contributed by atoms with Crippen molar-refractivity contribution >= 4 is 0 Å². The molecule has 8 nitrogen and oxygen atoms in total. The zero-order valence-electron chi connectivity index (χ0n) is 27.8. The van der Waals surface area contributed by atoms with E-state index in [-0.39, 0.29) is 26.4 Å². The molecule has 0 aromatic heterocycles. The lowest BCUT2D eigenvalue weighted by Crippen LogP contribution is -2.60. The lowest BCUT2D eigenvalue weighted by molar-refractivity contribution is -0.286. The highest BCUT2D eigenvalue weighted by atomic mass is 16.7. The van der Waals surface area contributed by atoms with Crippen LogP contribution in [0, 0.1) is 0 Å². The summed E-state index contributed by atoms with van der Waals surface area (Å²) in [6.45, 7) is 4.61. The largest absolute Gasteiger partial charge is 0.370 e. The molecule has 0 bridgehead atoms. The van der Waals surface area contributed by atoms with Crippen molar-refractivity contribution < 1.29 is 23.7 Å². The Kier molecular flexibility index (Phi) is 12.2. The molecule has 1 heterocycles. The standard InChI is InChI=1S/C42H41N3O5/c1-2-28-46-41-38(44-45-43)40(48-30-33-20-10-4-11-21-33)39(47-29-32-18-8-3-9-19-32)37(50-41)31-49-42(34-22-12-5-13-23-34,35-24-14-6-15-25-35)36-26-16-7-17-27-36/h2-27,37-41H,1,28-31H2/t37-,38-,39+,40-,41-/m1/s1. The molecule has 0 N–H and O–H groups in total. The molecule has 0 radical (unpaired) electrons. The molecule has 1 saturated heterocycles. The van der Waals surface area contributed by atoms with E-state index in [1.807, 2.05) is 115 Å². The van der Waals surface area contributed by atoms with Gasteiger partial charge in [-0.3, -0.25) is 0 Å². The van der Waals surface area contributed by atoms with Crippen molar-refractivity contribution in [3.8, 4) is 0 Å². The summed E-state index contributed by atoms with van der Waals surface area (Å²) >= 11 is 0. The van der Waals surface area contributed by atoms with Gasteiger partial charge in [0.15, 0.2) is 6.29 Å². The Morgan fingerprint density at radius 3 is 1.52 bits per heavy atom. The van der Waals surface area contributed by atoms with Crippen LogP contribution in [0.15, 0.2) is 169 Å². The summed E-state index contributed by atoms with van der Waals surface area (Å²) in [4.78, 5) is 3.18. The quantitative estimate of drug-likeness (QED) is 0.0345. The van der Waals surface area contributed by atoms with Gasteiger partial charge in [-0.2, -0.15) is 0 Å². The third kappa shape index (κ3) is 8.21. The van der Waals surface area contributed by atoms with Gasteiger partial charge in [0.2, 0.25) is 0 Å². The van der Waals surface area contributed by atoms with E-state index in [4.69, 9.17) is 23.7 Å². The Bertz CT molecular complexity index is 1690. The number of azide groups is 1. The molecule has 0 amide bonds. The van der Waals surface area contributed by atoms with Crippen molar-refractivity contribution in [3.05, 3.63) is 203 Å². The topological polar surface area (TPSA) is 94.9 Å². The summed E-state index contributed by atoms with van der Waals surface area (Å²) in [5.41, 5.74) is 13.5. The first-order valence-electron chi connectivity index (χ1n) is 16.8. The molecule has 1 fully saturated rings. The van der Waals surface area contributed by atoms with Crippen molar-refractivity contribution in [1.29, 1.82) is 0 Å². The van der Waals surface area contributed by atoms with Gasteiger partial charge in [-0.25, -0.2) is 0 Å². The molecular formula is C42H41N3O5.